The second-order valence-electron chi connectivity index (χ2n) is 4.91. The molecule has 4 heteroatoms. The van der Waals surface area contributed by atoms with Crippen LogP contribution in [0.25, 0.3) is 11.0 Å². The summed E-state index contributed by atoms with van der Waals surface area (Å²) in [6, 6.07) is 14.5. The van der Waals surface area contributed by atoms with E-state index in [0.29, 0.717) is 0 Å². The Bertz CT molecular complexity index is 762. The summed E-state index contributed by atoms with van der Waals surface area (Å²) in [5.41, 5.74) is 4.70. The van der Waals surface area contributed by atoms with Crippen LogP contribution in [0, 0.1) is 6.92 Å². The number of hydrogen-bond donors (Lipinski definition) is 1. The van der Waals surface area contributed by atoms with Gasteiger partial charge in [0.1, 0.15) is 0 Å². The number of hydrogen-bond acceptors (Lipinski definition) is 2. The molecule has 0 aliphatic heterocycles. The number of anilines is 1. The lowest BCUT2D eigenvalue weighted by atomic mass is 10.1. The average molecular weight is 330 g/mol. The number of nitrogens with one attached hydrogen (secondary N) is 1. The molecule has 0 spiro atoms. The van der Waals surface area contributed by atoms with Gasteiger partial charge >= 0.3 is 0 Å². The lowest BCUT2D eigenvalue weighted by Gasteiger charge is -2.09. The van der Waals surface area contributed by atoms with E-state index in [2.05, 4.69) is 62.0 Å². The highest BCUT2D eigenvalue weighted by atomic mass is 79.9. The molecule has 0 saturated heterocycles. The smallest absolute Gasteiger partial charge is 0.203 e. The number of aromatic nitrogens is 2. The van der Waals surface area contributed by atoms with Crippen LogP contribution in [0.2, 0.25) is 0 Å². The first-order valence-electron chi connectivity index (χ1n) is 6.55. The lowest BCUT2D eigenvalue weighted by molar-refractivity contribution is 0.925. The molecule has 3 nitrogen and oxygen atoms in total. The van der Waals surface area contributed by atoms with Gasteiger partial charge in [0.25, 0.3) is 0 Å². The van der Waals surface area contributed by atoms with Crippen molar-refractivity contribution in [3.8, 4) is 0 Å². The molecule has 3 rings (SSSR count). The molecule has 1 N–H and O–H groups in total. The first-order valence-corrected chi connectivity index (χ1v) is 7.35. The normalized spacial score (nSPS) is 10.9. The van der Waals surface area contributed by atoms with Crippen molar-refractivity contribution in [1.29, 1.82) is 0 Å². The van der Waals surface area contributed by atoms with E-state index >= 15 is 0 Å². The molecule has 0 atom stereocenters. The van der Waals surface area contributed by atoms with Crippen molar-refractivity contribution < 1.29 is 0 Å². The van der Waals surface area contributed by atoms with Crippen molar-refractivity contribution in [1.82, 2.24) is 9.55 Å². The fraction of sp³-hybridized carbons (Fsp3) is 0.188. The number of para-hydroxylation sites is 2. The van der Waals surface area contributed by atoms with Gasteiger partial charge in [0.15, 0.2) is 0 Å². The Morgan fingerprint density at radius 2 is 2.00 bits per heavy atom. The van der Waals surface area contributed by atoms with E-state index in [9.17, 15) is 0 Å². The van der Waals surface area contributed by atoms with Crippen LogP contribution in [0.3, 0.4) is 0 Å². The van der Waals surface area contributed by atoms with Crippen molar-refractivity contribution >= 4 is 32.9 Å². The molecule has 1 aromatic heterocycles. The maximum atomic E-state index is 4.62. The van der Waals surface area contributed by atoms with Crippen LogP contribution in [0.1, 0.15) is 11.1 Å². The minimum atomic E-state index is 0.766. The molecule has 0 aliphatic rings. The molecular formula is C16H16BrN3. The van der Waals surface area contributed by atoms with Gasteiger partial charge in [0, 0.05) is 18.1 Å². The Labute approximate surface area is 126 Å². The van der Waals surface area contributed by atoms with E-state index in [1.807, 2.05) is 25.2 Å². The lowest BCUT2D eigenvalue weighted by Crippen LogP contribution is -2.06. The van der Waals surface area contributed by atoms with Crippen LogP contribution in [0.4, 0.5) is 5.95 Å². The zero-order valence-corrected chi connectivity index (χ0v) is 13.1. The second kappa shape index (κ2) is 5.29. The van der Waals surface area contributed by atoms with E-state index in [0.717, 1.165) is 28.0 Å². The van der Waals surface area contributed by atoms with E-state index in [1.54, 1.807) is 0 Å². The predicted octanol–water partition coefficient (Wildman–Crippen LogP) is 4.26. The number of benzene rings is 2. The summed E-state index contributed by atoms with van der Waals surface area (Å²) in [6.07, 6.45) is 0. The van der Waals surface area contributed by atoms with Gasteiger partial charge in [-0.3, -0.25) is 0 Å². The van der Waals surface area contributed by atoms with Gasteiger partial charge < -0.3 is 9.88 Å². The molecule has 20 heavy (non-hydrogen) atoms. The van der Waals surface area contributed by atoms with Crippen LogP contribution < -0.4 is 5.32 Å². The average Bonchev–Trinajstić information content (AvgIpc) is 2.77. The number of imidazole rings is 1. The molecule has 0 radical (unpaired) electrons. The summed E-state index contributed by atoms with van der Waals surface area (Å²) < 4.78 is 3.19. The summed E-state index contributed by atoms with van der Waals surface area (Å²) in [4.78, 5) is 4.62. The highest BCUT2D eigenvalue weighted by Crippen LogP contribution is 2.20. The predicted molar refractivity (Wildman–Crippen MR) is 86.9 cm³/mol. The third-order valence-electron chi connectivity index (χ3n) is 3.54. The van der Waals surface area contributed by atoms with Crippen LogP contribution in [0.15, 0.2) is 46.9 Å². The molecule has 0 aliphatic carbocycles. The Balaban J connectivity index is 1.87. The van der Waals surface area contributed by atoms with Crippen molar-refractivity contribution in [2.45, 2.75) is 13.5 Å². The fourth-order valence-electron chi connectivity index (χ4n) is 2.31. The highest BCUT2D eigenvalue weighted by Gasteiger charge is 2.07. The van der Waals surface area contributed by atoms with Gasteiger partial charge in [-0.1, -0.05) is 34.1 Å². The van der Waals surface area contributed by atoms with E-state index < -0.39 is 0 Å². The summed E-state index contributed by atoms with van der Waals surface area (Å²) in [6.45, 7) is 2.89. The summed E-state index contributed by atoms with van der Waals surface area (Å²) in [5, 5.41) is 3.42. The number of halogens is 1. The first-order chi connectivity index (χ1) is 9.65. The monoisotopic (exact) mass is 329 g/mol. The van der Waals surface area contributed by atoms with Gasteiger partial charge in [0.05, 0.1) is 11.0 Å². The second-order valence-corrected chi connectivity index (χ2v) is 5.82. The van der Waals surface area contributed by atoms with Crippen LogP contribution >= 0.6 is 15.9 Å². The summed E-state index contributed by atoms with van der Waals surface area (Å²) >= 11 is 3.52. The minimum Gasteiger partial charge on any atom is -0.352 e. The molecule has 0 unspecified atom stereocenters. The fourth-order valence-corrected chi connectivity index (χ4v) is 2.72. The maximum absolute atomic E-state index is 4.62. The molecule has 0 saturated carbocycles. The van der Waals surface area contributed by atoms with E-state index in [1.165, 1.54) is 11.1 Å². The molecule has 0 amide bonds. The Morgan fingerprint density at radius 3 is 2.80 bits per heavy atom. The Hall–Kier alpha value is -1.81. The Morgan fingerprint density at radius 1 is 1.20 bits per heavy atom. The van der Waals surface area contributed by atoms with Gasteiger partial charge in [-0.2, -0.15) is 0 Å². The van der Waals surface area contributed by atoms with Crippen LogP contribution in [-0.2, 0) is 13.6 Å². The standard InChI is InChI=1S/C16H16BrN3/c1-11-7-8-13(17)9-12(11)10-18-16-19-14-5-3-4-6-15(14)20(16)2/h3-9H,10H2,1-2H3,(H,18,19). The minimum absolute atomic E-state index is 0.766. The molecule has 3 aromatic rings. The SMILES string of the molecule is Cc1ccc(Br)cc1CNc1nc2ccccc2n1C. The molecule has 1 heterocycles. The van der Waals surface area contributed by atoms with E-state index in [4.69, 9.17) is 0 Å². The molecule has 102 valence electrons. The number of aryl methyl sites for hydroxylation is 2. The zero-order valence-electron chi connectivity index (χ0n) is 11.5. The molecular weight excluding hydrogens is 314 g/mol. The van der Waals surface area contributed by atoms with Crippen LogP contribution in [-0.4, -0.2) is 9.55 Å². The molecule has 0 fully saturated rings. The Kier molecular flexibility index (Phi) is 3.49. The van der Waals surface area contributed by atoms with Crippen molar-refractivity contribution in [3.63, 3.8) is 0 Å². The number of rotatable bonds is 3. The first kappa shape index (κ1) is 13.2. The van der Waals surface area contributed by atoms with Crippen molar-refractivity contribution in [2.24, 2.45) is 7.05 Å². The van der Waals surface area contributed by atoms with Gasteiger partial charge in [-0.25, -0.2) is 4.98 Å². The third-order valence-corrected chi connectivity index (χ3v) is 4.03. The van der Waals surface area contributed by atoms with Gasteiger partial charge in [-0.15, -0.1) is 0 Å². The third kappa shape index (κ3) is 2.43. The largest absolute Gasteiger partial charge is 0.352 e. The molecule has 0 bridgehead atoms. The van der Waals surface area contributed by atoms with Crippen molar-refractivity contribution in [2.75, 3.05) is 5.32 Å². The topological polar surface area (TPSA) is 29.9 Å². The zero-order chi connectivity index (χ0) is 14.1. The van der Waals surface area contributed by atoms with Gasteiger partial charge in [-0.05, 0) is 42.3 Å². The number of nitrogens with zero attached hydrogens (tertiary/aromatic N) is 2. The molecule has 2 aromatic carbocycles. The summed E-state index contributed by atoms with van der Waals surface area (Å²) in [5.74, 6) is 0.894. The van der Waals surface area contributed by atoms with Gasteiger partial charge in [0.2, 0.25) is 5.95 Å². The summed E-state index contributed by atoms with van der Waals surface area (Å²) in [7, 11) is 2.03. The van der Waals surface area contributed by atoms with Crippen molar-refractivity contribution in [3.05, 3.63) is 58.1 Å². The quantitative estimate of drug-likeness (QED) is 0.778. The number of fused-ring (bicyclic) bond motifs is 1. The van der Waals surface area contributed by atoms with E-state index in [-0.39, 0.29) is 0 Å². The highest BCUT2D eigenvalue weighted by molar-refractivity contribution is 9.10. The van der Waals surface area contributed by atoms with Crippen LogP contribution in [0.5, 0.6) is 0 Å². The maximum Gasteiger partial charge on any atom is 0.203 e.